The second-order valence-corrected chi connectivity index (χ2v) is 10.2. The number of nitrogens with one attached hydrogen (secondary N) is 3. The molecule has 2 aromatic rings. The van der Waals surface area contributed by atoms with Crippen LogP contribution in [0.2, 0.25) is 0 Å². The van der Waals surface area contributed by atoms with E-state index < -0.39 is 32.2 Å². The Kier molecular flexibility index (Phi) is 8.41. The second-order valence-electron chi connectivity index (χ2n) is 8.22. The molecule has 0 atom stereocenters. The Hall–Kier alpha value is -3.44. The summed E-state index contributed by atoms with van der Waals surface area (Å²) in [5.41, 5.74) is 6.27. The number of anilines is 1. The van der Waals surface area contributed by atoms with Crippen molar-refractivity contribution in [1.29, 1.82) is 0 Å². The number of hydrogen-bond donors (Lipinski definition) is 3. The molecule has 0 bridgehead atoms. The number of benzene rings is 2. The summed E-state index contributed by atoms with van der Waals surface area (Å²) >= 11 is 0. The average molecular weight is 490 g/mol. The van der Waals surface area contributed by atoms with Crippen LogP contribution in [0.15, 0.2) is 53.9 Å². The molecule has 0 aliphatic rings. The monoisotopic (exact) mass is 489 g/mol. The molecule has 3 N–H and O–H groups in total. The maximum Gasteiger partial charge on any atom is 0.334 e. The summed E-state index contributed by atoms with van der Waals surface area (Å²) in [6.07, 6.45) is 0. The van der Waals surface area contributed by atoms with E-state index >= 15 is 0 Å². The zero-order chi connectivity index (χ0) is 25.7. The minimum absolute atomic E-state index is 0.0549. The first kappa shape index (κ1) is 26.8. The third-order valence-corrected chi connectivity index (χ3v) is 7.37. The molecule has 0 saturated carbocycles. The summed E-state index contributed by atoms with van der Waals surface area (Å²) in [6.45, 7) is 13.3. The first-order valence-electron chi connectivity index (χ1n) is 10.7. The van der Waals surface area contributed by atoms with Crippen LogP contribution in [-0.4, -0.2) is 36.8 Å². The lowest BCUT2D eigenvalue weighted by molar-refractivity contribution is -0.384. The van der Waals surface area contributed by atoms with Gasteiger partial charge in [-0.25, -0.2) is 13.2 Å². The van der Waals surface area contributed by atoms with Crippen LogP contribution >= 0.6 is 0 Å². The van der Waals surface area contributed by atoms with Crippen LogP contribution in [0.5, 0.6) is 0 Å². The fourth-order valence-corrected chi connectivity index (χ4v) is 4.80. The molecule has 2 rings (SSSR count). The van der Waals surface area contributed by atoms with Crippen LogP contribution in [0.25, 0.3) is 5.57 Å². The zero-order valence-corrected chi connectivity index (χ0v) is 20.8. The number of sulfonamides is 1. The number of rotatable bonds is 10. The number of nitrogens with zero attached hydrogens (tertiary/aromatic N) is 2. The van der Waals surface area contributed by atoms with Crippen LogP contribution in [0.4, 0.5) is 16.2 Å². The Morgan fingerprint density at radius 3 is 2.35 bits per heavy atom. The maximum atomic E-state index is 12.7. The lowest BCUT2D eigenvalue weighted by Gasteiger charge is -2.27. The number of nitro groups is 1. The number of hydrazine groups is 1. The molecule has 2 amide bonds. The van der Waals surface area contributed by atoms with Gasteiger partial charge in [0.05, 0.1) is 15.4 Å². The largest absolute Gasteiger partial charge is 0.334 e. The number of allylic oxidation sites excluding steroid dienone is 1. The predicted molar refractivity (Wildman–Crippen MR) is 133 cm³/mol. The predicted octanol–water partition coefficient (Wildman–Crippen LogP) is 4.22. The Morgan fingerprint density at radius 2 is 1.79 bits per heavy atom. The Labute approximate surface area is 200 Å². The van der Waals surface area contributed by atoms with Gasteiger partial charge in [0.15, 0.2) is 0 Å². The van der Waals surface area contributed by atoms with Crippen molar-refractivity contribution in [2.24, 2.45) is 0 Å². The highest BCUT2D eigenvalue weighted by Gasteiger charge is 2.27. The van der Waals surface area contributed by atoms with E-state index in [1.807, 2.05) is 45.0 Å². The van der Waals surface area contributed by atoms with E-state index in [0.717, 1.165) is 22.8 Å². The first-order chi connectivity index (χ1) is 15.8. The minimum atomic E-state index is -3.87. The SMILES string of the molecule is C=C(C)c1cccc(C(C)(C)NC(=O)NNc2ccc(S(=O)(=O)N(CC)CC)cc2[N+](=O)[O-])c1. The molecule has 34 heavy (non-hydrogen) atoms. The van der Waals surface area contributed by atoms with Crippen molar-refractivity contribution in [2.75, 3.05) is 18.5 Å². The lowest BCUT2D eigenvalue weighted by atomic mass is 9.92. The van der Waals surface area contributed by atoms with E-state index in [2.05, 4.69) is 22.7 Å². The van der Waals surface area contributed by atoms with Gasteiger partial charge in [-0.1, -0.05) is 44.2 Å². The van der Waals surface area contributed by atoms with Gasteiger partial charge < -0.3 is 5.32 Å². The van der Waals surface area contributed by atoms with Crippen molar-refractivity contribution < 1.29 is 18.1 Å². The molecule has 0 heterocycles. The highest BCUT2D eigenvalue weighted by Crippen LogP contribution is 2.29. The number of carbonyl (C=O) groups is 1. The summed E-state index contributed by atoms with van der Waals surface area (Å²) < 4.78 is 26.6. The number of nitro benzene ring substituents is 1. The van der Waals surface area contributed by atoms with E-state index in [9.17, 15) is 23.3 Å². The van der Waals surface area contributed by atoms with Crippen LogP contribution in [0, 0.1) is 10.1 Å². The molecule has 0 saturated heterocycles. The number of amides is 2. The Balaban J connectivity index is 2.20. The van der Waals surface area contributed by atoms with Crippen molar-refractivity contribution in [3.05, 3.63) is 70.3 Å². The molecule has 0 aliphatic heterocycles. The van der Waals surface area contributed by atoms with Gasteiger partial charge in [-0.05, 0) is 50.1 Å². The van der Waals surface area contributed by atoms with Gasteiger partial charge in [0.25, 0.3) is 5.69 Å². The average Bonchev–Trinajstić information content (AvgIpc) is 2.77. The molecular formula is C23H31N5O5S. The molecule has 0 fully saturated rings. The van der Waals surface area contributed by atoms with Crippen molar-refractivity contribution in [3.63, 3.8) is 0 Å². The topological polar surface area (TPSA) is 134 Å². The fraction of sp³-hybridized carbons (Fsp3) is 0.348. The minimum Gasteiger partial charge on any atom is -0.328 e. The highest BCUT2D eigenvalue weighted by molar-refractivity contribution is 7.89. The number of hydrogen-bond acceptors (Lipinski definition) is 6. The fourth-order valence-electron chi connectivity index (χ4n) is 3.33. The summed E-state index contributed by atoms with van der Waals surface area (Å²) in [5, 5.41) is 14.4. The van der Waals surface area contributed by atoms with Crippen LogP contribution in [0.3, 0.4) is 0 Å². The zero-order valence-electron chi connectivity index (χ0n) is 20.0. The third kappa shape index (κ3) is 6.12. The standard InChI is InChI=1S/C23H31N5O5S/c1-7-27(8-2)34(32,33)19-12-13-20(21(15-19)28(30)31)25-26-22(29)24-23(5,6)18-11-9-10-17(14-18)16(3)4/h9-15,25H,3,7-8H2,1-2,4-6H3,(H2,24,26,29). The van der Waals surface area contributed by atoms with Gasteiger partial charge in [0.1, 0.15) is 5.69 Å². The number of carbonyl (C=O) groups excluding carboxylic acids is 1. The summed E-state index contributed by atoms with van der Waals surface area (Å²) in [7, 11) is -3.87. The first-order valence-corrected chi connectivity index (χ1v) is 12.2. The van der Waals surface area contributed by atoms with Crippen molar-refractivity contribution in [3.8, 4) is 0 Å². The molecule has 0 unspecified atom stereocenters. The molecule has 0 aromatic heterocycles. The van der Waals surface area contributed by atoms with Crippen LogP contribution < -0.4 is 16.2 Å². The molecule has 0 aliphatic carbocycles. The van der Waals surface area contributed by atoms with Gasteiger partial charge in [-0.2, -0.15) is 4.31 Å². The third-order valence-electron chi connectivity index (χ3n) is 5.32. The molecule has 11 heteroatoms. The quantitative estimate of drug-likeness (QED) is 0.338. The van der Waals surface area contributed by atoms with Gasteiger partial charge >= 0.3 is 6.03 Å². The van der Waals surface area contributed by atoms with Gasteiger partial charge in [0, 0.05) is 19.2 Å². The molecule has 184 valence electrons. The van der Waals surface area contributed by atoms with Crippen molar-refractivity contribution in [2.45, 2.75) is 45.1 Å². The maximum absolute atomic E-state index is 12.7. The van der Waals surface area contributed by atoms with Gasteiger partial charge in [0.2, 0.25) is 10.0 Å². The number of urea groups is 1. The van der Waals surface area contributed by atoms with Crippen LogP contribution in [-0.2, 0) is 15.6 Å². The summed E-state index contributed by atoms with van der Waals surface area (Å²) in [6, 6.07) is 10.5. The van der Waals surface area contributed by atoms with E-state index in [-0.39, 0.29) is 23.7 Å². The summed E-state index contributed by atoms with van der Waals surface area (Å²) in [5.74, 6) is 0. The lowest BCUT2D eigenvalue weighted by Crippen LogP contribution is -2.48. The normalized spacial score (nSPS) is 11.7. The smallest absolute Gasteiger partial charge is 0.328 e. The molecule has 0 radical (unpaired) electrons. The highest BCUT2D eigenvalue weighted by atomic mass is 32.2. The molecular weight excluding hydrogens is 458 g/mol. The van der Waals surface area contributed by atoms with E-state index in [1.165, 1.54) is 16.4 Å². The van der Waals surface area contributed by atoms with E-state index in [0.29, 0.717) is 0 Å². The molecule has 0 spiro atoms. The van der Waals surface area contributed by atoms with Crippen molar-refractivity contribution in [1.82, 2.24) is 15.0 Å². The van der Waals surface area contributed by atoms with Gasteiger partial charge in [-0.15, -0.1) is 0 Å². The molecule has 10 nitrogen and oxygen atoms in total. The Morgan fingerprint density at radius 1 is 1.15 bits per heavy atom. The van der Waals surface area contributed by atoms with Crippen LogP contribution in [0.1, 0.15) is 45.7 Å². The van der Waals surface area contributed by atoms with E-state index in [1.54, 1.807) is 13.8 Å². The Bertz CT molecular complexity index is 1190. The van der Waals surface area contributed by atoms with Gasteiger partial charge in [-0.3, -0.25) is 21.0 Å². The van der Waals surface area contributed by atoms with E-state index in [4.69, 9.17) is 0 Å². The molecule has 2 aromatic carbocycles. The van der Waals surface area contributed by atoms with Crippen molar-refractivity contribution >= 4 is 33.0 Å². The second kappa shape index (κ2) is 10.7. The summed E-state index contributed by atoms with van der Waals surface area (Å²) in [4.78, 5) is 23.2.